The fraction of sp³-hybridized carbons (Fsp3) is 0.500. The Morgan fingerprint density at radius 1 is 1.00 bits per heavy atom. The van der Waals surface area contributed by atoms with E-state index in [1.54, 1.807) is 0 Å². The van der Waals surface area contributed by atoms with Crippen molar-refractivity contribution in [2.75, 3.05) is 25.6 Å². The number of rotatable bonds is 6. The van der Waals surface area contributed by atoms with E-state index in [1.165, 1.54) is 6.07 Å². The van der Waals surface area contributed by atoms with Crippen molar-refractivity contribution >= 4 is 5.69 Å². The first-order chi connectivity index (χ1) is 9.59. The number of hydrogen-bond acceptors (Lipinski definition) is 3. The van der Waals surface area contributed by atoms with Gasteiger partial charge in [0.2, 0.25) is 0 Å². The molecule has 0 spiro atoms. The molecule has 0 bridgehead atoms. The Balaban J connectivity index is 2.46. The first-order valence-corrected chi connectivity index (χ1v) is 5.83. The van der Waals surface area contributed by atoms with Gasteiger partial charge >= 0.3 is 12.4 Å². The van der Waals surface area contributed by atoms with E-state index in [0.717, 1.165) is 12.1 Å². The highest BCUT2D eigenvalue weighted by Crippen LogP contribution is 2.37. The van der Waals surface area contributed by atoms with Gasteiger partial charge in [-0.3, -0.25) is 0 Å². The molecule has 120 valence electrons. The van der Waals surface area contributed by atoms with E-state index in [2.05, 4.69) is 4.74 Å². The van der Waals surface area contributed by atoms with Gasteiger partial charge in [0.25, 0.3) is 0 Å². The van der Waals surface area contributed by atoms with E-state index >= 15 is 0 Å². The Bertz CT molecular complexity index is 458. The molecule has 0 radical (unpaired) electrons. The summed E-state index contributed by atoms with van der Waals surface area (Å²) in [4.78, 5) is 0. The number of nitrogen functional groups attached to an aromatic ring is 1. The molecule has 9 heteroatoms. The van der Waals surface area contributed by atoms with Crippen LogP contribution in [0.25, 0.3) is 0 Å². The van der Waals surface area contributed by atoms with Crippen LogP contribution < -0.4 is 10.5 Å². The summed E-state index contributed by atoms with van der Waals surface area (Å²) < 4.78 is 82.6. The standard InChI is InChI=1S/C12H13F6NO2/c13-11(14,15)7-20-4-1-5-21-10-3-2-8(19)6-9(10)12(16,17)18/h2-3,6H,1,4-5,7,19H2. The van der Waals surface area contributed by atoms with Gasteiger partial charge in [0.15, 0.2) is 0 Å². The number of ether oxygens (including phenoxy) is 2. The normalized spacial score (nSPS) is 12.5. The molecule has 0 heterocycles. The highest BCUT2D eigenvalue weighted by Gasteiger charge is 2.34. The van der Waals surface area contributed by atoms with Gasteiger partial charge in [-0.05, 0) is 18.2 Å². The van der Waals surface area contributed by atoms with Gasteiger partial charge in [-0.25, -0.2) is 0 Å². The van der Waals surface area contributed by atoms with E-state index in [0.29, 0.717) is 0 Å². The maximum Gasteiger partial charge on any atom is 0.420 e. The summed E-state index contributed by atoms with van der Waals surface area (Å²) in [6, 6.07) is 3.04. The Hall–Kier alpha value is -1.64. The van der Waals surface area contributed by atoms with E-state index in [4.69, 9.17) is 10.5 Å². The third kappa shape index (κ3) is 6.56. The summed E-state index contributed by atoms with van der Waals surface area (Å²) in [5.41, 5.74) is 4.18. The average Bonchev–Trinajstić information content (AvgIpc) is 2.32. The molecule has 1 rings (SSSR count). The molecular formula is C12H13F6NO2. The number of hydrogen-bond donors (Lipinski definition) is 1. The lowest BCUT2D eigenvalue weighted by molar-refractivity contribution is -0.174. The van der Waals surface area contributed by atoms with Gasteiger partial charge in [-0.15, -0.1) is 0 Å². The quantitative estimate of drug-likeness (QED) is 0.495. The van der Waals surface area contributed by atoms with Gasteiger partial charge in [0.1, 0.15) is 12.4 Å². The maximum atomic E-state index is 12.7. The topological polar surface area (TPSA) is 44.5 Å². The lowest BCUT2D eigenvalue weighted by Gasteiger charge is -2.14. The smallest absolute Gasteiger partial charge is 0.420 e. The summed E-state index contributed by atoms with van der Waals surface area (Å²) in [5, 5.41) is 0. The largest absolute Gasteiger partial charge is 0.493 e. The summed E-state index contributed by atoms with van der Waals surface area (Å²) >= 11 is 0. The minimum absolute atomic E-state index is 0.0255. The highest BCUT2D eigenvalue weighted by atomic mass is 19.4. The number of alkyl halides is 6. The molecule has 0 aliphatic heterocycles. The Morgan fingerprint density at radius 2 is 1.67 bits per heavy atom. The molecule has 0 aliphatic carbocycles. The van der Waals surface area contributed by atoms with Crippen molar-refractivity contribution < 1.29 is 35.8 Å². The van der Waals surface area contributed by atoms with Gasteiger partial charge in [0, 0.05) is 12.1 Å². The summed E-state index contributed by atoms with van der Waals surface area (Å²) in [7, 11) is 0. The second-order valence-electron chi connectivity index (χ2n) is 4.12. The highest BCUT2D eigenvalue weighted by molar-refractivity contribution is 5.49. The molecule has 1 aromatic carbocycles. The van der Waals surface area contributed by atoms with Crippen molar-refractivity contribution in [2.24, 2.45) is 0 Å². The molecular weight excluding hydrogens is 304 g/mol. The summed E-state index contributed by atoms with van der Waals surface area (Å²) in [6.07, 6.45) is -9.03. The molecule has 0 fully saturated rings. The lowest BCUT2D eigenvalue weighted by Crippen LogP contribution is -2.18. The Morgan fingerprint density at radius 3 is 2.24 bits per heavy atom. The van der Waals surface area contributed by atoms with E-state index in [1.807, 2.05) is 0 Å². The molecule has 2 N–H and O–H groups in total. The SMILES string of the molecule is Nc1ccc(OCCCOCC(F)(F)F)c(C(F)(F)F)c1. The fourth-order valence-corrected chi connectivity index (χ4v) is 1.43. The van der Waals surface area contributed by atoms with Crippen molar-refractivity contribution in [1.82, 2.24) is 0 Å². The number of anilines is 1. The number of halogens is 6. The van der Waals surface area contributed by atoms with Crippen LogP contribution in [0.15, 0.2) is 18.2 Å². The Kier molecular flexibility index (Phi) is 5.70. The van der Waals surface area contributed by atoms with Gasteiger partial charge in [-0.2, -0.15) is 26.3 Å². The van der Waals surface area contributed by atoms with Crippen molar-refractivity contribution in [1.29, 1.82) is 0 Å². The third-order valence-electron chi connectivity index (χ3n) is 2.27. The first kappa shape index (κ1) is 17.4. The average molecular weight is 317 g/mol. The van der Waals surface area contributed by atoms with Gasteiger partial charge < -0.3 is 15.2 Å². The monoisotopic (exact) mass is 317 g/mol. The van der Waals surface area contributed by atoms with Crippen molar-refractivity contribution in [3.05, 3.63) is 23.8 Å². The van der Waals surface area contributed by atoms with Gasteiger partial charge in [-0.1, -0.05) is 0 Å². The van der Waals surface area contributed by atoms with E-state index < -0.39 is 30.3 Å². The van der Waals surface area contributed by atoms with Crippen molar-refractivity contribution in [2.45, 2.75) is 18.8 Å². The zero-order valence-electron chi connectivity index (χ0n) is 10.7. The molecule has 21 heavy (non-hydrogen) atoms. The van der Waals surface area contributed by atoms with Crippen LogP contribution in [0.2, 0.25) is 0 Å². The molecule has 3 nitrogen and oxygen atoms in total. The molecule has 0 aliphatic rings. The minimum Gasteiger partial charge on any atom is -0.493 e. The predicted octanol–water partition coefficient (Wildman–Crippen LogP) is 3.64. The van der Waals surface area contributed by atoms with Crippen molar-refractivity contribution in [3.63, 3.8) is 0 Å². The van der Waals surface area contributed by atoms with Crippen LogP contribution in [0, 0.1) is 0 Å². The molecule has 1 aromatic rings. The Labute approximate surface area is 116 Å². The number of nitrogens with two attached hydrogens (primary N) is 1. The molecule has 0 saturated carbocycles. The third-order valence-corrected chi connectivity index (χ3v) is 2.27. The minimum atomic E-state index is -4.63. The van der Waals surface area contributed by atoms with Crippen LogP contribution >= 0.6 is 0 Å². The molecule has 0 unspecified atom stereocenters. The second-order valence-corrected chi connectivity index (χ2v) is 4.12. The van der Waals surface area contributed by atoms with Crippen LogP contribution in [-0.4, -0.2) is 26.0 Å². The van der Waals surface area contributed by atoms with Crippen LogP contribution in [0.5, 0.6) is 5.75 Å². The van der Waals surface area contributed by atoms with Crippen LogP contribution in [0.3, 0.4) is 0 Å². The molecule has 0 amide bonds. The molecule has 0 atom stereocenters. The molecule has 0 aromatic heterocycles. The fourth-order valence-electron chi connectivity index (χ4n) is 1.43. The summed E-state index contributed by atoms with van der Waals surface area (Å²) in [5.74, 6) is -0.424. The zero-order valence-corrected chi connectivity index (χ0v) is 10.7. The number of benzene rings is 1. The van der Waals surface area contributed by atoms with Crippen LogP contribution in [0.4, 0.5) is 32.0 Å². The maximum absolute atomic E-state index is 12.7. The van der Waals surface area contributed by atoms with Crippen LogP contribution in [-0.2, 0) is 10.9 Å². The van der Waals surface area contributed by atoms with Crippen molar-refractivity contribution in [3.8, 4) is 5.75 Å². The second kappa shape index (κ2) is 6.88. The lowest BCUT2D eigenvalue weighted by atomic mass is 10.1. The van der Waals surface area contributed by atoms with E-state index in [9.17, 15) is 26.3 Å². The summed E-state index contributed by atoms with van der Waals surface area (Å²) in [6.45, 7) is -1.87. The zero-order chi connectivity index (χ0) is 16.1. The van der Waals surface area contributed by atoms with Crippen LogP contribution in [0.1, 0.15) is 12.0 Å². The molecule has 0 saturated heterocycles. The van der Waals surface area contributed by atoms with E-state index in [-0.39, 0.29) is 25.3 Å². The van der Waals surface area contributed by atoms with Gasteiger partial charge in [0.05, 0.1) is 18.8 Å². The predicted molar refractivity (Wildman–Crippen MR) is 62.8 cm³/mol. The first-order valence-electron chi connectivity index (χ1n) is 5.83.